The molecule has 1 saturated heterocycles. The largest absolute Gasteiger partial charge is 0.466 e. The van der Waals surface area contributed by atoms with Crippen LogP contribution in [0.15, 0.2) is 23.8 Å². The number of carbonyl (C=O) groups excluding carboxylic acids is 2. The Balaban J connectivity index is 1.96. The van der Waals surface area contributed by atoms with Gasteiger partial charge < -0.3 is 14.6 Å². The van der Waals surface area contributed by atoms with Gasteiger partial charge in [-0.1, -0.05) is 32.9 Å². The summed E-state index contributed by atoms with van der Waals surface area (Å²) in [5.41, 5.74) is -0.190. The van der Waals surface area contributed by atoms with E-state index < -0.39 is 28.7 Å². The third-order valence-corrected chi connectivity index (χ3v) is 7.51. The van der Waals surface area contributed by atoms with Gasteiger partial charge >= 0.3 is 5.97 Å². The van der Waals surface area contributed by atoms with Crippen LogP contribution in [0.4, 0.5) is 0 Å². The number of hydrogen-bond acceptors (Lipinski definition) is 5. The summed E-state index contributed by atoms with van der Waals surface area (Å²) in [5.74, 6) is -2.87. The van der Waals surface area contributed by atoms with E-state index in [2.05, 4.69) is 6.58 Å². The molecule has 5 nitrogen and oxygen atoms in total. The minimum atomic E-state index is -1.43. The molecular formula is C21H28O5. The molecule has 1 aliphatic heterocycles. The summed E-state index contributed by atoms with van der Waals surface area (Å²) in [6.07, 6.45) is 4.31. The smallest absolute Gasteiger partial charge is 0.334 e. The zero-order valence-corrected chi connectivity index (χ0v) is 16.0. The van der Waals surface area contributed by atoms with Crippen molar-refractivity contribution in [1.82, 2.24) is 0 Å². The topological polar surface area (TPSA) is 72.8 Å². The number of ketones is 1. The van der Waals surface area contributed by atoms with Crippen molar-refractivity contribution in [2.75, 3.05) is 7.11 Å². The van der Waals surface area contributed by atoms with E-state index in [-0.39, 0.29) is 30.0 Å². The van der Waals surface area contributed by atoms with Crippen LogP contribution in [0.1, 0.15) is 46.5 Å². The van der Waals surface area contributed by atoms with E-state index in [0.717, 1.165) is 18.4 Å². The molecular weight excluding hydrogens is 332 g/mol. The fraction of sp³-hybridized carbons (Fsp3) is 0.714. The summed E-state index contributed by atoms with van der Waals surface area (Å²) < 4.78 is 11.4. The first kappa shape index (κ1) is 17.9. The molecule has 3 aliphatic carbocycles. The Labute approximate surface area is 154 Å². The molecule has 0 radical (unpaired) electrons. The zero-order chi connectivity index (χ0) is 19.1. The first-order chi connectivity index (χ1) is 12.1. The van der Waals surface area contributed by atoms with Gasteiger partial charge in [-0.25, -0.2) is 4.79 Å². The van der Waals surface area contributed by atoms with Gasteiger partial charge in [0.05, 0.1) is 18.6 Å². The molecule has 0 aromatic heterocycles. The van der Waals surface area contributed by atoms with Gasteiger partial charge in [-0.3, -0.25) is 4.79 Å². The Morgan fingerprint density at radius 2 is 2.15 bits per heavy atom. The highest BCUT2D eigenvalue weighted by molar-refractivity contribution is 6.00. The van der Waals surface area contributed by atoms with Crippen LogP contribution in [0.5, 0.6) is 0 Å². The van der Waals surface area contributed by atoms with Gasteiger partial charge in [0.15, 0.2) is 5.79 Å². The lowest BCUT2D eigenvalue weighted by Crippen LogP contribution is -2.62. The van der Waals surface area contributed by atoms with Crippen LogP contribution in [-0.2, 0) is 19.1 Å². The molecule has 3 fully saturated rings. The fourth-order valence-electron chi connectivity index (χ4n) is 6.27. The number of aliphatic hydroxyl groups is 1. The number of esters is 1. The summed E-state index contributed by atoms with van der Waals surface area (Å²) in [7, 11) is 1.33. The van der Waals surface area contributed by atoms with Crippen LogP contribution < -0.4 is 0 Å². The molecule has 0 amide bonds. The van der Waals surface area contributed by atoms with Crippen LogP contribution in [-0.4, -0.2) is 35.4 Å². The maximum absolute atomic E-state index is 13.4. The second-order valence-corrected chi connectivity index (χ2v) is 9.12. The fourth-order valence-corrected chi connectivity index (χ4v) is 6.27. The number of methoxy groups -OCH3 is 1. The molecule has 0 unspecified atom stereocenters. The van der Waals surface area contributed by atoms with E-state index in [9.17, 15) is 14.7 Å². The molecule has 1 heterocycles. The van der Waals surface area contributed by atoms with Gasteiger partial charge in [-0.2, -0.15) is 0 Å². The van der Waals surface area contributed by atoms with Crippen LogP contribution in [0, 0.1) is 29.1 Å². The van der Waals surface area contributed by atoms with Crippen LogP contribution in [0.25, 0.3) is 0 Å². The third kappa shape index (κ3) is 1.93. The highest BCUT2D eigenvalue weighted by atomic mass is 16.7. The van der Waals surface area contributed by atoms with E-state index in [1.807, 2.05) is 20.8 Å². The predicted molar refractivity (Wildman–Crippen MR) is 94.9 cm³/mol. The van der Waals surface area contributed by atoms with Crippen molar-refractivity contribution in [2.45, 2.75) is 57.8 Å². The molecule has 0 spiro atoms. The molecule has 2 bridgehead atoms. The van der Waals surface area contributed by atoms with Gasteiger partial charge in [0.1, 0.15) is 5.78 Å². The average molecular weight is 360 g/mol. The van der Waals surface area contributed by atoms with Crippen LogP contribution >= 0.6 is 0 Å². The van der Waals surface area contributed by atoms with Crippen molar-refractivity contribution in [3.63, 3.8) is 0 Å². The molecule has 142 valence electrons. The molecule has 6 atom stereocenters. The maximum Gasteiger partial charge on any atom is 0.334 e. The summed E-state index contributed by atoms with van der Waals surface area (Å²) in [4.78, 5) is 26.1. The highest BCUT2D eigenvalue weighted by Gasteiger charge is 2.77. The standard InChI is InChI=1S/C21H28O5/c1-11(2)13-10-21(24)19(4)15-7-6-12(3)8-20(15,26-21)9-14(18(23)25-5)16(19)17(13)22/h9,11,13,15-16,24H,3,6-8,10H2,1-2,4-5H3/t13-,15-,16-,19-,20-,21+/m1/s1. The first-order valence-electron chi connectivity index (χ1n) is 9.53. The molecule has 4 aliphatic rings. The minimum Gasteiger partial charge on any atom is -0.466 e. The predicted octanol–water partition coefficient (Wildman–Crippen LogP) is 2.78. The summed E-state index contributed by atoms with van der Waals surface area (Å²) in [5, 5.41) is 11.7. The monoisotopic (exact) mass is 360 g/mol. The van der Waals surface area contributed by atoms with Gasteiger partial charge in [0.25, 0.3) is 0 Å². The second-order valence-electron chi connectivity index (χ2n) is 9.12. The summed E-state index contributed by atoms with van der Waals surface area (Å²) in [6.45, 7) is 10.0. The minimum absolute atomic E-state index is 0.0130. The number of Topliss-reactive ketones (excluding diaryl/α,β-unsaturated/α-hetero) is 1. The molecule has 1 N–H and O–H groups in total. The number of carbonyl (C=O) groups is 2. The summed E-state index contributed by atoms with van der Waals surface area (Å²) >= 11 is 0. The number of ether oxygens (including phenoxy) is 2. The van der Waals surface area contributed by atoms with Crippen molar-refractivity contribution in [2.24, 2.45) is 29.1 Å². The molecule has 4 rings (SSSR count). The SMILES string of the molecule is C=C1CC[C@@H]2[C@]3(C)[C@H]4C(=O)[C@@H](C(C)C)C[C@]3(O)O[C@@]2(C=C4C(=O)OC)C1. The lowest BCUT2D eigenvalue weighted by Gasteiger charge is -2.54. The normalized spacial score (nSPS) is 46.8. The van der Waals surface area contributed by atoms with E-state index >= 15 is 0 Å². The quantitative estimate of drug-likeness (QED) is 0.605. The van der Waals surface area contributed by atoms with Crippen LogP contribution in [0.3, 0.4) is 0 Å². The Morgan fingerprint density at radius 1 is 1.46 bits per heavy atom. The summed E-state index contributed by atoms with van der Waals surface area (Å²) in [6, 6.07) is 0. The average Bonchev–Trinajstić information content (AvgIpc) is 2.72. The van der Waals surface area contributed by atoms with Gasteiger partial charge in [0, 0.05) is 35.7 Å². The number of hydrogen-bond donors (Lipinski definition) is 1. The maximum atomic E-state index is 13.4. The molecule has 5 heteroatoms. The van der Waals surface area contributed by atoms with Gasteiger partial charge in [-0.15, -0.1) is 0 Å². The Hall–Kier alpha value is -1.46. The Kier molecular flexibility index (Phi) is 3.65. The Bertz CT molecular complexity index is 737. The lowest BCUT2D eigenvalue weighted by atomic mass is 9.47. The van der Waals surface area contributed by atoms with Crippen LogP contribution in [0.2, 0.25) is 0 Å². The Morgan fingerprint density at radius 3 is 2.77 bits per heavy atom. The van der Waals surface area contributed by atoms with Crippen molar-refractivity contribution in [3.05, 3.63) is 23.8 Å². The third-order valence-electron chi connectivity index (χ3n) is 7.51. The highest BCUT2D eigenvalue weighted by Crippen LogP contribution is 2.71. The first-order valence-corrected chi connectivity index (χ1v) is 9.53. The van der Waals surface area contributed by atoms with Crippen molar-refractivity contribution in [1.29, 1.82) is 0 Å². The van der Waals surface area contributed by atoms with Gasteiger partial charge in [-0.05, 0) is 24.8 Å². The van der Waals surface area contributed by atoms with Crippen molar-refractivity contribution in [3.8, 4) is 0 Å². The number of rotatable bonds is 2. The molecule has 2 saturated carbocycles. The van der Waals surface area contributed by atoms with E-state index in [1.165, 1.54) is 7.11 Å². The zero-order valence-electron chi connectivity index (χ0n) is 16.0. The van der Waals surface area contributed by atoms with E-state index in [4.69, 9.17) is 9.47 Å². The van der Waals surface area contributed by atoms with E-state index in [1.54, 1.807) is 6.08 Å². The van der Waals surface area contributed by atoms with Crippen molar-refractivity contribution < 1.29 is 24.2 Å². The van der Waals surface area contributed by atoms with E-state index in [0.29, 0.717) is 12.0 Å². The molecule has 26 heavy (non-hydrogen) atoms. The lowest BCUT2D eigenvalue weighted by molar-refractivity contribution is -0.271. The van der Waals surface area contributed by atoms with Gasteiger partial charge in [0.2, 0.25) is 0 Å². The molecule has 0 aromatic rings. The van der Waals surface area contributed by atoms with Crippen molar-refractivity contribution >= 4 is 11.8 Å². The molecule has 0 aromatic carbocycles. The second kappa shape index (κ2) is 5.29.